The highest BCUT2D eigenvalue weighted by Crippen LogP contribution is 2.29. The lowest BCUT2D eigenvalue weighted by molar-refractivity contribution is -0.0842. The third-order valence-corrected chi connectivity index (χ3v) is 3.29. The Kier molecular flexibility index (Phi) is 4.40. The largest absolute Gasteiger partial charge is 0.393 e. The quantitative estimate of drug-likeness (QED) is 0.731. The Morgan fingerprint density at radius 3 is 2.58 bits per heavy atom. The third-order valence-electron chi connectivity index (χ3n) is 2.30. The lowest BCUT2D eigenvalue weighted by Crippen LogP contribution is -2.40. The molecule has 1 aliphatic rings. The topological polar surface area (TPSA) is 29.5 Å². The van der Waals surface area contributed by atoms with Gasteiger partial charge in [0.2, 0.25) is 0 Å². The highest BCUT2D eigenvalue weighted by Gasteiger charge is 2.32. The van der Waals surface area contributed by atoms with Gasteiger partial charge >= 0.3 is 0 Å². The molecule has 0 spiro atoms. The molecular weight excluding hydrogens is 172 g/mol. The van der Waals surface area contributed by atoms with Crippen molar-refractivity contribution < 1.29 is 9.84 Å². The molecule has 1 aliphatic heterocycles. The van der Waals surface area contributed by atoms with Gasteiger partial charge in [0.05, 0.1) is 12.2 Å². The summed E-state index contributed by atoms with van der Waals surface area (Å²) in [5.74, 6) is 2.26. The standard InChI is InChI=1S/C9H18O2S/c1-2-5-11-9(8-10)3-6-12-7-4-9/h10H,2-8H2,1H3. The molecule has 0 aromatic heterocycles. The molecule has 72 valence electrons. The lowest BCUT2D eigenvalue weighted by Gasteiger charge is -2.35. The molecule has 1 fully saturated rings. The molecule has 2 nitrogen and oxygen atoms in total. The van der Waals surface area contributed by atoms with Crippen LogP contribution in [0.1, 0.15) is 26.2 Å². The maximum absolute atomic E-state index is 9.23. The van der Waals surface area contributed by atoms with E-state index in [9.17, 15) is 5.11 Å². The van der Waals surface area contributed by atoms with E-state index >= 15 is 0 Å². The monoisotopic (exact) mass is 190 g/mol. The molecule has 0 bridgehead atoms. The normalized spacial score (nSPS) is 22.5. The number of rotatable bonds is 4. The SMILES string of the molecule is CCCOC1(CO)CCSCC1. The average Bonchev–Trinajstić information content (AvgIpc) is 2.16. The molecule has 12 heavy (non-hydrogen) atoms. The van der Waals surface area contributed by atoms with Crippen LogP contribution in [0, 0.1) is 0 Å². The predicted octanol–water partition coefficient (Wildman–Crippen LogP) is 1.67. The van der Waals surface area contributed by atoms with Gasteiger partial charge in [0, 0.05) is 6.61 Å². The minimum atomic E-state index is -0.193. The van der Waals surface area contributed by atoms with E-state index in [1.165, 1.54) is 0 Å². The van der Waals surface area contributed by atoms with E-state index in [-0.39, 0.29) is 12.2 Å². The molecule has 0 unspecified atom stereocenters. The molecule has 1 rings (SSSR count). The van der Waals surface area contributed by atoms with Crippen molar-refractivity contribution in [2.75, 3.05) is 24.7 Å². The van der Waals surface area contributed by atoms with Gasteiger partial charge in [-0.1, -0.05) is 6.92 Å². The summed E-state index contributed by atoms with van der Waals surface area (Å²) in [4.78, 5) is 0. The van der Waals surface area contributed by atoms with Gasteiger partial charge in [-0.15, -0.1) is 0 Å². The Morgan fingerprint density at radius 1 is 1.42 bits per heavy atom. The van der Waals surface area contributed by atoms with E-state index in [1.54, 1.807) is 0 Å². The van der Waals surface area contributed by atoms with Crippen LogP contribution in [0.2, 0.25) is 0 Å². The van der Waals surface area contributed by atoms with Crippen LogP contribution in [0.5, 0.6) is 0 Å². The van der Waals surface area contributed by atoms with E-state index in [1.807, 2.05) is 11.8 Å². The molecule has 0 radical (unpaired) electrons. The van der Waals surface area contributed by atoms with E-state index in [2.05, 4.69) is 6.92 Å². The van der Waals surface area contributed by atoms with Crippen LogP contribution in [-0.4, -0.2) is 35.4 Å². The zero-order valence-electron chi connectivity index (χ0n) is 7.71. The number of hydrogen-bond acceptors (Lipinski definition) is 3. The molecule has 1 saturated heterocycles. The van der Waals surface area contributed by atoms with Crippen molar-refractivity contribution in [1.82, 2.24) is 0 Å². The maximum atomic E-state index is 9.23. The summed E-state index contributed by atoms with van der Waals surface area (Å²) in [5, 5.41) is 9.23. The summed E-state index contributed by atoms with van der Waals surface area (Å²) >= 11 is 1.95. The van der Waals surface area contributed by atoms with Crippen LogP contribution in [0.3, 0.4) is 0 Å². The Morgan fingerprint density at radius 2 is 2.08 bits per heavy atom. The van der Waals surface area contributed by atoms with Crippen LogP contribution >= 0.6 is 11.8 Å². The first kappa shape index (κ1) is 10.4. The molecule has 1 N–H and O–H groups in total. The first-order valence-electron chi connectivity index (χ1n) is 4.65. The fourth-order valence-electron chi connectivity index (χ4n) is 1.41. The second-order valence-corrected chi connectivity index (χ2v) is 4.53. The molecule has 0 aromatic rings. The fraction of sp³-hybridized carbons (Fsp3) is 1.00. The summed E-state index contributed by atoms with van der Waals surface area (Å²) in [6.45, 7) is 3.07. The lowest BCUT2D eigenvalue weighted by atomic mass is 9.98. The summed E-state index contributed by atoms with van der Waals surface area (Å²) in [5.41, 5.74) is -0.193. The number of hydrogen-bond donors (Lipinski definition) is 1. The van der Waals surface area contributed by atoms with Gasteiger partial charge in [0.25, 0.3) is 0 Å². The molecule has 1 heterocycles. The van der Waals surface area contributed by atoms with E-state index in [0.29, 0.717) is 0 Å². The van der Waals surface area contributed by atoms with E-state index < -0.39 is 0 Å². The molecule has 0 aliphatic carbocycles. The van der Waals surface area contributed by atoms with Crippen LogP contribution in [-0.2, 0) is 4.74 Å². The number of ether oxygens (including phenoxy) is 1. The van der Waals surface area contributed by atoms with Crippen LogP contribution in [0.4, 0.5) is 0 Å². The highest BCUT2D eigenvalue weighted by atomic mass is 32.2. The van der Waals surface area contributed by atoms with Crippen molar-refractivity contribution in [1.29, 1.82) is 0 Å². The molecule has 0 saturated carbocycles. The molecular formula is C9H18O2S. The number of aliphatic hydroxyl groups is 1. The number of aliphatic hydroxyl groups excluding tert-OH is 1. The summed E-state index contributed by atoms with van der Waals surface area (Å²) in [6.07, 6.45) is 3.05. The van der Waals surface area contributed by atoms with Crippen LogP contribution in [0.15, 0.2) is 0 Å². The first-order chi connectivity index (χ1) is 5.83. The van der Waals surface area contributed by atoms with Gasteiger partial charge in [-0.05, 0) is 30.8 Å². The Labute approximate surface area is 78.7 Å². The van der Waals surface area contributed by atoms with Gasteiger partial charge in [0.15, 0.2) is 0 Å². The maximum Gasteiger partial charge on any atom is 0.0927 e. The summed E-state index contributed by atoms with van der Waals surface area (Å²) in [7, 11) is 0. The van der Waals surface area contributed by atoms with Crippen molar-refractivity contribution in [3.8, 4) is 0 Å². The van der Waals surface area contributed by atoms with Gasteiger partial charge in [-0.3, -0.25) is 0 Å². The molecule has 3 heteroatoms. The minimum Gasteiger partial charge on any atom is -0.393 e. The summed E-state index contributed by atoms with van der Waals surface area (Å²) < 4.78 is 5.71. The Balaban J connectivity index is 2.37. The molecule has 0 amide bonds. The van der Waals surface area contributed by atoms with Gasteiger partial charge in [0.1, 0.15) is 0 Å². The van der Waals surface area contributed by atoms with Crippen molar-refractivity contribution in [3.63, 3.8) is 0 Å². The Hall–Kier alpha value is 0.270. The van der Waals surface area contributed by atoms with E-state index in [0.717, 1.165) is 37.4 Å². The molecule has 0 atom stereocenters. The van der Waals surface area contributed by atoms with Crippen LogP contribution < -0.4 is 0 Å². The van der Waals surface area contributed by atoms with Crippen LogP contribution in [0.25, 0.3) is 0 Å². The number of thioether (sulfide) groups is 1. The predicted molar refractivity (Wildman–Crippen MR) is 52.6 cm³/mol. The van der Waals surface area contributed by atoms with Crippen molar-refractivity contribution >= 4 is 11.8 Å². The zero-order valence-corrected chi connectivity index (χ0v) is 8.53. The van der Waals surface area contributed by atoms with Crippen molar-refractivity contribution in [2.24, 2.45) is 0 Å². The smallest absolute Gasteiger partial charge is 0.0927 e. The first-order valence-corrected chi connectivity index (χ1v) is 5.81. The van der Waals surface area contributed by atoms with E-state index in [4.69, 9.17) is 4.74 Å². The van der Waals surface area contributed by atoms with Gasteiger partial charge in [-0.2, -0.15) is 11.8 Å². The second-order valence-electron chi connectivity index (χ2n) is 3.30. The Bertz CT molecular complexity index is 122. The second kappa shape index (κ2) is 5.10. The van der Waals surface area contributed by atoms with Gasteiger partial charge in [-0.25, -0.2) is 0 Å². The van der Waals surface area contributed by atoms with Crippen molar-refractivity contribution in [2.45, 2.75) is 31.8 Å². The summed E-state index contributed by atoms with van der Waals surface area (Å²) in [6, 6.07) is 0. The average molecular weight is 190 g/mol. The zero-order chi connectivity index (χ0) is 8.86. The highest BCUT2D eigenvalue weighted by molar-refractivity contribution is 7.99. The minimum absolute atomic E-state index is 0.188. The molecule has 0 aromatic carbocycles. The van der Waals surface area contributed by atoms with Crippen molar-refractivity contribution in [3.05, 3.63) is 0 Å². The van der Waals surface area contributed by atoms with Gasteiger partial charge < -0.3 is 9.84 Å². The third kappa shape index (κ3) is 2.64. The fourth-order valence-corrected chi connectivity index (χ4v) is 2.65.